The molecule has 16 aromatic carbocycles. The summed E-state index contributed by atoms with van der Waals surface area (Å²) in [6.07, 6.45) is 0. The number of hydrogen-bond acceptors (Lipinski definition) is 2. The molecule has 2 aromatic heterocycles. The van der Waals surface area contributed by atoms with E-state index in [4.69, 9.17) is 49.3 Å². The van der Waals surface area contributed by atoms with E-state index in [1.165, 1.54) is 0 Å². The molecule has 18 rings (SSSR count). The number of rotatable bonds is 14. The molecule has 472 valence electrons. The fourth-order valence-electron chi connectivity index (χ4n) is 11.4. The van der Waals surface area contributed by atoms with Crippen LogP contribution in [0.1, 0.15) is 71.3 Å². The van der Waals surface area contributed by atoms with Gasteiger partial charge in [0.15, 0.2) is 0 Å². The maximum Gasteiger partial charge on any atom is 0.0645 e. The highest BCUT2D eigenvalue weighted by molar-refractivity contribution is 6.12. The van der Waals surface area contributed by atoms with Crippen LogP contribution in [0.2, 0.25) is 0 Å². The van der Waals surface area contributed by atoms with E-state index in [0.717, 1.165) is 33.2 Å². The average molecular weight is 1330 g/mol. The second-order valence-corrected chi connectivity index (χ2v) is 21.2. The van der Waals surface area contributed by atoms with E-state index in [1.807, 2.05) is 78.9 Å². The van der Waals surface area contributed by atoms with Gasteiger partial charge >= 0.3 is 0 Å². The van der Waals surface area contributed by atoms with Gasteiger partial charge in [0, 0.05) is 66.5 Å². The largest absolute Gasteiger partial charge is 0.310 e. The SMILES string of the molecule is [2H]c1c([2H])c([2H])c(-c2c([2H])c([2H])c([2H])c([2H])c2N(c2c([2H])c([2H])c([2H])c([2H])c2[2H])c2c([2H])c([2H])c(-c3c([2H])c([2H])c4c(c3[2H])c3c([2H])c([2H])c([2H])c([2H])c3n4-c3c([2H])c([2H])c([2H])c([2H])c3-c3c([2H])c([2H])c([2H])c([2H])c3[2H])c([2H])c2[2H])c([2H])c1[2H].[2H]c1c([2H])c([2H])c(-c2c([2H])c([2H])c([2H])c([2H])c2N(c2c([2H])c([2H])c([2H])c([2H])c2[2H])c2c([2H])c([2H])c(-c3ccc4c(c3)c3ccccc3n4-c3ccccc3-c3ccccc3)c([2H])c2[2H])c([2H])c1[2H]. The van der Waals surface area contributed by atoms with Crippen molar-refractivity contribution in [3.05, 3.63) is 411 Å². The summed E-state index contributed by atoms with van der Waals surface area (Å²) >= 11 is 0. The van der Waals surface area contributed by atoms with Crippen molar-refractivity contribution in [2.75, 3.05) is 9.80 Å². The lowest BCUT2D eigenvalue weighted by molar-refractivity contribution is 1.18. The molecule has 0 fully saturated rings. The number of aromatic nitrogens is 2. The maximum atomic E-state index is 9.85. The van der Waals surface area contributed by atoms with Crippen molar-refractivity contribution in [2.45, 2.75) is 0 Å². The van der Waals surface area contributed by atoms with Gasteiger partial charge < -0.3 is 18.9 Å². The van der Waals surface area contributed by atoms with Crippen molar-refractivity contribution in [1.29, 1.82) is 0 Å². The topological polar surface area (TPSA) is 16.3 Å². The van der Waals surface area contributed by atoms with Crippen LogP contribution in [0.3, 0.4) is 0 Å². The van der Waals surface area contributed by atoms with Crippen molar-refractivity contribution in [3.8, 4) is 78.1 Å². The third-order valence-electron chi connectivity index (χ3n) is 15.6. The molecule has 4 heteroatoms. The molecular formula is C96H68N4. The summed E-state index contributed by atoms with van der Waals surface area (Å²) < 4.78 is 467. The van der Waals surface area contributed by atoms with Crippen molar-refractivity contribution in [3.63, 3.8) is 0 Å². The smallest absolute Gasteiger partial charge is 0.0645 e. The highest BCUT2D eigenvalue weighted by Gasteiger charge is 2.22. The molecule has 0 aliphatic rings. The van der Waals surface area contributed by atoms with Crippen LogP contribution in [0.5, 0.6) is 0 Å². The molecule has 2 heterocycles. The van der Waals surface area contributed by atoms with Crippen molar-refractivity contribution >= 4 is 77.7 Å². The first-order valence-electron chi connectivity index (χ1n) is 56.0. The Morgan fingerprint density at radius 1 is 0.210 bits per heavy atom. The number of hydrogen-bond donors (Lipinski definition) is 0. The highest BCUT2D eigenvalue weighted by Crippen LogP contribution is 2.46. The van der Waals surface area contributed by atoms with Gasteiger partial charge in [-0.2, -0.15) is 0 Å². The van der Waals surface area contributed by atoms with Crippen LogP contribution in [0.4, 0.5) is 34.1 Å². The van der Waals surface area contributed by atoms with Crippen LogP contribution in [0.25, 0.3) is 122 Å². The monoisotopic (exact) mass is 1330 g/mol. The lowest BCUT2D eigenvalue weighted by Crippen LogP contribution is -2.11. The zero-order valence-corrected chi connectivity index (χ0v) is 51.0. The molecule has 0 N–H and O–H groups in total. The Labute approximate surface area is 656 Å². The van der Waals surface area contributed by atoms with Crippen molar-refractivity contribution < 1.29 is 71.3 Å². The minimum atomic E-state index is -1.37. The van der Waals surface area contributed by atoms with Gasteiger partial charge in [-0.15, -0.1) is 0 Å². The lowest BCUT2D eigenvalue weighted by atomic mass is 10.0. The lowest BCUT2D eigenvalue weighted by Gasteiger charge is -2.28. The molecule has 0 unspecified atom stereocenters. The van der Waals surface area contributed by atoms with Gasteiger partial charge in [-0.25, -0.2) is 0 Å². The summed E-state index contributed by atoms with van der Waals surface area (Å²) in [6.45, 7) is 0. The van der Waals surface area contributed by atoms with Crippen LogP contribution in [0.15, 0.2) is 411 Å². The second kappa shape index (κ2) is 27.1. The standard InChI is InChI=1S/2C48H34N2/c2*1-4-16-36(17-5-1)41-22-10-13-25-45(41)49(39-20-8-3-9-21-39)40-31-28-35(29-32-40)38-30-33-48-44(34-38)43-24-12-15-27-47(43)50(48)46-26-14-11-23-42(46)37-18-6-2-7-19-37/h2*1-34H/i1D,2D,3D,4D,5D,6D,7D,8D,9D,10D,11D,12D,13D,14D,15D,16D,17D,18D,19D,20D,21D,22D,23D,24D,25D,26D,27D,28D,29D,30D,31D,32D,33D,34D;1D,3D,4D,5D,8D,9D,10D,13D,16D,17D,20D,21D,22D,25D,28D,29D,31D,32D. The van der Waals surface area contributed by atoms with E-state index in [-0.39, 0.29) is 11.1 Å². The number of para-hydroxylation sites is 8. The summed E-state index contributed by atoms with van der Waals surface area (Å²) in [5.74, 6) is 0. The molecule has 18 aromatic rings. The van der Waals surface area contributed by atoms with E-state index in [9.17, 15) is 21.9 Å². The molecule has 0 saturated heterocycles. The Balaban J connectivity index is 0.000000211. The Morgan fingerprint density at radius 2 is 0.640 bits per heavy atom. The molecule has 100 heavy (non-hydrogen) atoms. The van der Waals surface area contributed by atoms with E-state index in [2.05, 4.69) is 4.57 Å². The van der Waals surface area contributed by atoms with Crippen LogP contribution in [-0.4, -0.2) is 9.13 Å². The van der Waals surface area contributed by atoms with E-state index in [1.54, 1.807) is 18.2 Å². The Morgan fingerprint density at radius 3 is 1.25 bits per heavy atom. The van der Waals surface area contributed by atoms with Gasteiger partial charge in [0.1, 0.15) is 0 Å². The van der Waals surface area contributed by atoms with E-state index < -0.39 is 420 Å². The number of fused-ring (bicyclic) bond motifs is 6. The zero-order chi connectivity index (χ0) is 112. The van der Waals surface area contributed by atoms with Crippen molar-refractivity contribution in [2.24, 2.45) is 0 Å². The Hall–Kier alpha value is -13.3. The highest BCUT2D eigenvalue weighted by atomic mass is 15.2. The Kier molecular flexibility index (Phi) is 7.21. The summed E-state index contributed by atoms with van der Waals surface area (Å²) in [7, 11) is 0. The number of nitrogens with zero attached hydrogens (tertiary/aromatic N) is 4. The van der Waals surface area contributed by atoms with Gasteiger partial charge in [0.25, 0.3) is 0 Å². The van der Waals surface area contributed by atoms with Crippen LogP contribution in [0, 0.1) is 0 Å². The quantitative estimate of drug-likeness (QED) is 0.108. The first-order valence-corrected chi connectivity index (χ1v) is 30.0. The maximum absolute atomic E-state index is 9.85. The van der Waals surface area contributed by atoms with E-state index in [0.29, 0.717) is 19.8 Å². The first-order chi connectivity index (χ1) is 71.3. The molecule has 0 atom stereocenters. The molecule has 0 bridgehead atoms. The van der Waals surface area contributed by atoms with Gasteiger partial charge in [0.05, 0.1) is 116 Å². The summed E-state index contributed by atoms with van der Waals surface area (Å²) in [5.41, 5.74) is -11.5. The number of benzene rings is 16. The van der Waals surface area contributed by atoms with Gasteiger partial charge in [-0.05, 0) is 153 Å². The molecular weight excluding hydrogens is 1210 g/mol. The predicted octanol–water partition coefficient (Wildman–Crippen LogP) is 26.5. The summed E-state index contributed by atoms with van der Waals surface area (Å²) in [6, 6.07) is -23.2. The molecule has 0 spiro atoms. The summed E-state index contributed by atoms with van der Waals surface area (Å²) in [4.78, 5) is 0.874. The molecule has 0 aliphatic heterocycles. The summed E-state index contributed by atoms with van der Waals surface area (Å²) in [5, 5.41) is 0.00139. The third-order valence-corrected chi connectivity index (χ3v) is 15.6. The fraction of sp³-hybridized carbons (Fsp3) is 0. The van der Waals surface area contributed by atoms with Gasteiger partial charge in [-0.1, -0.05) is 302 Å². The zero-order valence-electron chi connectivity index (χ0n) is 103. The van der Waals surface area contributed by atoms with Crippen LogP contribution >= 0.6 is 0 Å². The van der Waals surface area contributed by atoms with E-state index >= 15 is 0 Å². The third kappa shape index (κ3) is 11.6. The molecule has 0 aliphatic carbocycles. The normalized spacial score (nSPS) is 18.5. The molecule has 4 nitrogen and oxygen atoms in total. The number of anilines is 6. The average Bonchev–Trinajstić information content (AvgIpc) is 1.51. The molecule has 0 amide bonds. The van der Waals surface area contributed by atoms with Crippen LogP contribution < -0.4 is 9.80 Å². The van der Waals surface area contributed by atoms with Crippen molar-refractivity contribution in [1.82, 2.24) is 9.13 Å². The second-order valence-electron chi connectivity index (χ2n) is 21.2. The first kappa shape index (κ1) is 26.6. The van der Waals surface area contributed by atoms with Crippen LogP contribution in [-0.2, 0) is 0 Å². The Bertz CT molecular complexity index is 9010. The minimum Gasteiger partial charge on any atom is -0.310 e. The molecule has 0 saturated carbocycles. The minimum absolute atomic E-state index is 0.200. The molecule has 0 radical (unpaired) electrons. The fourth-order valence-corrected chi connectivity index (χ4v) is 11.4. The van der Waals surface area contributed by atoms with Gasteiger partial charge in [-0.3, -0.25) is 0 Å². The predicted molar refractivity (Wildman–Crippen MR) is 424 cm³/mol. The van der Waals surface area contributed by atoms with Gasteiger partial charge in [0.2, 0.25) is 0 Å².